The van der Waals surface area contributed by atoms with Crippen LogP contribution in [0.1, 0.15) is 24.2 Å². The second-order valence-electron chi connectivity index (χ2n) is 5.13. The number of benzene rings is 2. The van der Waals surface area contributed by atoms with Gasteiger partial charge in [-0.2, -0.15) is 0 Å². The van der Waals surface area contributed by atoms with Gasteiger partial charge in [0.2, 0.25) is 0 Å². The molecule has 0 atom stereocenters. The molecule has 0 radical (unpaired) electrons. The van der Waals surface area contributed by atoms with Crippen LogP contribution in [0.25, 0.3) is 0 Å². The minimum Gasteiger partial charge on any atom is -0.490 e. The van der Waals surface area contributed by atoms with Crippen LogP contribution in [0.15, 0.2) is 42.5 Å². The third kappa shape index (κ3) is 5.62. The van der Waals surface area contributed by atoms with Crippen LogP contribution < -0.4 is 14.8 Å². The van der Waals surface area contributed by atoms with Gasteiger partial charge in [-0.05, 0) is 60.7 Å². The van der Waals surface area contributed by atoms with Crippen LogP contribution in [-0.4, -0.2) is 31.7 Å². The van der Waals surface area contributed by atoms with Crippen molar-refractivity contribution in [2.75, 3.05) is 25.1 Å². The normalized spacial score (nSPS) is 10.1. The minimum atomic E-state index is -0.535. The van der Waals surface area contributed by atoms with Crippen molar-refractivity contribution >= 4 is 40.2 Å². The highest BCUT2D eigenvalue weighted by Crippen LogP contribution is 2.30. The number of nitrogens with one attached hydrogen (secondary N) is 1. The molecule has 2 rings (SSSR count). The Bertz CT molecular complexity index is 778. The molecule has 0 spiro atoms. The zero-order valence-corrected chi connectivity index (χ0v) is 16.7. The lowest BCUT2D eigenvalue weighted by Crippen LogP contribution is -2.21. The number of amides is 1. The molecule has 7 heteroatoms. The van der Waals surface area contributed by atoms with Crippen molar-refractivity contribution < 1.29 is 23.8 Å². The smallest absolute Gasteiger partial charge is 0.339 e. The summed E-state index contributed by atoms with van der Waals surface area (Å²) in [5, 5.41) is 2.68. The van der Waals surface area contributed by atoms with E-state index in [2.05, 4.69) is 5.32 Å². The number of carbonyl (C=O) groups excluding carboxylic acids is 2. The van der Waals surface area contributed by atoms with Gasteiger partial charge in [0.15, 0.2) is 18.1 Å². The first-order valence-corrected chi connectivity index (χ1v) is 9.24. The largest absolute Gasteiger partial charge is 0.490 e. The molecule has 0 bridgehead atoms. The summed E-state index contributed by atoms with van der Waals surface area (Å²) >= 11 is 2.05. The zero-order valence-electron chi connectivity index (χ0n) is 14.6. The highest BCUT2D eigenvalue weighted by molar-refractivity contribution is 14.1. The molecule has 1 N–H and O–H groups in total. The van der Waals surface area contributed by atoms with Crippen molar-refractivity contribution in [3.63, 3.8) is 0 Å². The van der Waals surface area contributed by atoms with E-state index in [1.54, 1.807) is 36.4 Å². The van der Waals surface area contributed by atoms with Crippen LogP contribution >= 0.6 is 22.6 Å². The Morgan fingerprint density at radius 3 is 2.38 bits per heavy atom. The number of ether oxygens (including phenoxy) is 3. The minimum absolute atomic E-state index is 0.374. The van der Waals surface area contributed by atoms with Gasteiger partial charge in [0.25, 0.3) is 5.91 Å². The van der Waals surface area contributed by atoms with Crippen molar-refractivity contribution in [2.24, 2.45) is 0 Å². The Balaban J connectivity index is 1.96. The maximum Gasteiger partial charge on any atom is 0.339 e. The molecule has 0 aliphatic carbocycles. The van der Waals surface area contributed by atoms with Gasteiger partial charge in [0.1, 0.15) is 0 Å². The molecule has 26 heavy (non-hydrogen) atoms. The summed E-state index contributed by atoms with van der Waals surface area (Å²) in [6.45, 7) is 4.37. The number of carbonyl (C=O) groups is 2. The molecule has 138 valence electrons. The zero-order chi connectivity index (χ0) is 18.9. The molecule has 0 fully saturated rings. The van der Waals surface area contributed by atoms with E-state index in [1.807, 2.05) is 42.5 Å². The van der Waals surface area contributed by atoms with Crippen LogP contribution in [0.3, 0.4) is 0 Å². The summed E-state index contributed by atoms with van der Waals surface area (Å²) in [6, 6.07) is 12.1. The third-order valence-corrected chi connectivity index (χ3v) is 4.20. The van der Waals surface area contributed by atoms with Gasteiger partial charge in [0.05, 0.1) is 18.8 Å². The van der Waals surface area contributed by atoms with Gasteiger partial charge in [-0.3, -0.25) is 4.79 Å². The maximum atomic E-state index is 12.1. The first-order valence-electron chi connectivity index (χ1n) is 8.16. The Labute approximate surface area is 166 Å². The molecule has 6 nitrogen and oxygen atoms in total. The van der Waals surface area contributed by atoms with E-state index in [0.717, 1.165) is 3.57 Å². The molecule has 0 heterocycles. The summed E-state index contributed by atoms with van der Waals surface area (Å²) in [6.07, 6.45) is 0. The van der Waals surface area contributed by atoms with Crippen molar-refractivity contribution in [1.82, 2.24) is 0 Å². The fraction of sp³-hybridized carbons (Fsp3) is 0.263. The SMILES string of the molecule is CCOc1ccc(NC(=O)COC(=O)c2ccccc2I)cc1OCC. The second-order valence-corrected chi connectivity index (χ2v) is 6.29. The average molecular weight is 469 g/mol. The molecule has 0 aromatic heterocycles. The number of anilines is 1. The first-order chi connectivity index (χ1) is 12.5. The lowest BCUT2D eigenvalue weighted by molar-refractivity contribution is -0.119. The highest BCUT2D eigenvalue weighted by atomic mass is 127. The summed E-state index contributed by atoms with van der Waals surface area (Å²) < 4.78 is 16.8. The molecule has 0 aliphatic rings. The van der Waals surface area contributed by atoms with Crippen molar-refractivity contribution in [3.8, 4) is 11.5 Å². The van der Waals surface area contributed by atoms with E-state index in [1.165, 1.54) is 0 Å². The number of esters is 1. The van der Waals surface area contributed by atoms with Crippen LogP contribution in [0.5, 0.6) is 11.5 Å². The molecular formula is C19H20INO5. The van der Waals surface area contributed by atoms with E-state index in [-0.39, 0.29) is 6.61 Å². The van der Waals surface area contributed by atoms with E-state index in [9.17, 15) is 9.59 Å². The summed E-state index contributed by atoms with van der Waals surface area (Å²) in [5.74, 6) is 0.183. The third-order valence-electron chi connectivity index (χ3n) is 3.26. The lowest BCUT2D eigenvalue weighted by atomic mass is 10.2. The molecule has 0 unspecified atom stereocenters. The summed E-state index contributed by atoms with van der Waals surface area (Å²) in [7, 11) is 0. The molecule has 1 amide bonds. The number of halogens is 1. The van der Waals surface area contributed by atoms with Crippen molar-refractivity contribution in [2.45, 2.75) is 13.8 Å². The van der Waals surface area contributed by atoms with Gasteiger partial charge in [-0.15, -0.1) is 0 Å². The fourth-order valence-electron chi connectivity index (χ4n) is 2.16. The Morgan fingerprint density at radius 2 is 1.69 bits per heavy atom. The average Bonchev–Trinajstić information content (AvgIpc) is 2.62. The van der Waals surface area contributed by atoms with Crippen LogP contribution in [0, 0.1) is 3.57 Å². The molecule has 2 aromatic carbocycles. The van der Waals surface area contributed by atoms with E-state index < -0.39 is 11.9 Å². The van der Waals surface area contributed by atoms with E-state index in [4.69, 9.17) is 14.2 Å². The molecular weight excluding hydrogens is 449 g/mol. The molecule has 0 saturated heterocycles. The predicted molar refractivity (Wildman–Crippen MR) is 107 cm³/mol. The molecule has 0 saturated carbocycles. The van der Waals surface area contributed by atoms with E-state index >= 15 is 0 Å². The Hall–Kier alpha value is -2.29. The highest BCUT2D eigenvalue weighted by Gasteiger charge is 2.14. The van der Waals surface area contributed by atoms with Crippen molar-refractivity contribution in [3.05, 3.63) is 51.6 Å². The number of hydrogen-bond acceptors (Lipinski definition) is 5. The predicted octanol–water partition coefficient (Wildman–Crippen LogP) is 3.88. The maximum absolute atomic E-state index is 12.1. The van der Waals surface area contributed by atoms with Gasteiger partial charge in [-0.1, -0.05) is 12.1 Å². The quantitative estimate of drug-likeness (QED) is 0.469. The van der Waals surface area contributed by atoms with Gasteiger partial charge < -0.3 is 19.5 Å². The monoisotopic (exact) mass is 469 g/mol. The lowest BCUT2D eigenvalue weighted by Gasteiger charge is -2.13. The van der Waals surface area contributed by atoms with Gasteiger partial charge in [-0.25, -0.2) is 4.79 Å². The standard InChI is InChI=1S/C19H20INO5/c1-3-24-16-10-9-13(11-17(16)25-4-2)21-18(22)12-26-19(23)14-7-5-6-8-15(14)20/h5-11H,3-4,12H2,1-2H3,(H,21,22). The second kappa shape index (κ2) is 10.0. The Morgan fingerprint density at radius 1 is 1.00 bits per heavy atom. The van der Waals surface area contributed by atoms with Crippen LogP contribution in [-0.2, 0) is 9.53 Å². The van der Waals surface area contributed by atoms with Gasteiger partial charge in [0, 0.05) is 15.3 Å². The van der Waals surface area contributed by atoms with Gasteiger partial charge >= 0.3 is 5.97 Å². The molecule has 0 aliphatic heterocycles. The first kappa shape index (κ1) is 20.0. The van der Waals surface area contributed by atoms with Crippen LogP contribution in [0.4, 0.5) is 5.69 Å². The fourth-order valence-corrected chi connectivity index (χ4v) is 2.77. The summed E-state index contributed by atoms with van der Waals surface area (Å²) in [5.41, 5.74) is 0.966. The topological polar surface area (TPSA) is 73.9 Å². The number of hydrogen-bond donors (Lipinski definition) is 1. The van der Waals surface area contributed by atoms with E-state index in [0.29, 0.717) is 36.0 Å². The Kier molecular flexibility index (Phi) is 7.71. The summed E-state index contributed by atoms with van der Waals surface area (Å²) in [4.78, 5) is 24.1. The van der Waals surface area contributed by atoms with Crippen LogP contribution in [0.2, 0.25) is 0 Å². The molecule has 2 aromatic rings. The number of rotatable bonds is 8. The van der Waals surface area contributed by atoms with Crippen molar-refractivity contribution in [1.29, 1.82) is 0 Å².